The van der Waals surface area contributed by atoms with Crippen LogP contribution in [0.2, 0.25) is 0 Å². The number of rotatable bonds is 5. The highest BCUT2D eigenvalue weighted by molar-refractivity contribution is 5.97. The third kappa shape index (κ3) is 4.42. The maximum Gasteiger partial charge on any atom is 0.252 e. The molecule has 1 fully saturated rings. The Balaban J connectivity index is 1.49. The van der Waals surface area contributed by atoms with Crippen LogP contribution >= 0.6 is 0 Å². The summed E-state index contributed by atoms with van der Waals surface area (Å²) in [6.45, 7) is 2.17. The molecule has 6 nitrogen and oxygen atoms in total. The van der Waals surface area contributed by atoms with Crippen LogP contribution < -0.4 is 10.1 Å². The fraction of sp³-hybridized carbons (Fsp3) is 0.417. The Morgan fingerprint density at radius 2 is 1.97 bits per heavy atom. The van der Waals surface area contributed by atoms with E-state index < -0.39 is 5.54 Å². The first-order valence-corrected chi connectivity index (χ1v) is 10.6. The van der Waals surface area contributed by atoms with E-state index in [1.807, 2.05) is 24.3 Å². The highest BCUT2D eigenvalue weighted by Gasteiger charge is 2.52. The van der Waals surface area contributed by atoms with E-state index in [4.69, 9.17) is 4.74 Å². The maximum absolute atomic E-state index is 13.1. The van der Waals surface area contributed by atoms with Crippen LogP contribution in [-0.4, -0.2) is 67.5 Å². The van der Waals surface area contributed by atoms with Gasteiger partial charge in [0.15, 0.2) is 0 Å². The second-order valence-electron chi connectivity index (χ2n) is 8.59. The summed E-state index contributed by atoms with van der Waals surface area (Å²) in [7, 11) is 3.51. The third-order valence-corrected chi connectivity index (χ3v) is 6.31. The number of benzene rings is 2. The van der Waals surface area contributed by atoms with Crippen LogP contribution in [0.15, 0.2) is 48.5 Å². The molecule has 2 atom stereocenters. The second-order valence-corrected chi connectivity index (χ2v) is 8.59. The van der Waals surface area contributed by atoms with Gasteiger partial charge >= 0.3 is 0 Å². The number of fused-ring (bicyclic) bond motifs is 1. The molecule has 0 unspecified atom stereocenters. The molecule has 1 spiro atoms. The van der Waals surface area contributed by atoms with Crippen LogP contribution in [0.4, 0.5) is 4.39 Å². The Morgan fingerprint density at radius 3 is 2.71 bits per heavy atom. The van der Waals surface area contributed by atoms with Crippen molar-refractivity contribution in [3.8, 4) is 5.75 Å². The fourth-order valence-electron chi connectivity index (χ4n) is 4.68. The number of hydrogen-bond donors (Lipinski definition) is 1. The van der Waals surface area contributed by atoms with E-state index in [1.54, 1.807) is 31.1 Å². The Labute approximate surface area is 182 Å². The zero-order valence-electron chi connectivity index (χ0n) is 17.9. The van der Waals surface area contributed by atoms with Gasteiger partial charge in [-0.2, -0.15) is 0 Å². The molecule has 0 bridgehead atoms. The van der Waals surface area contributed by atoms with Gasteiger partial charge < -0.3 is 15.0 Å². The number of halogens is 1. The van der Waals surface area contributed by atoms with E-state index >= 15 is 0 Å². The van der Waals surface area contributed by atoms with Gasteiger partial charge in [0.05, 0.1) is 11.5 Å². The second kappa shape index (κ2) is 8.67. The molecule has 2 aliphatic rings. The molecule has 4 rings (SSSR count). The lowest BCUT2D eigenvalue weighted by Gasteiger charge is -2.35. The van der Waals surface area contributed by atoms with Crippen LogP contribution in [0.3, 0.4) is 0 Å². The van der Waals surface area contributed by atoms with Crippen molar-refractivity contribution in [2.24, 2.45) is 5.92 Å². The van der Waals surface area contributed by atoms with Crippen LogP contribution in [0.25, 0.3) is 0 Å². The molecule has 2 aromatic carbocycles. The van der Waals surface area contributed by atoms with E-state index in [9.17, 15) is 14.0 Å². The fourth-order valence-corrected chi connectivity index (χ4v) is 4.68. The summed E-state index contributed by atoms with van der Waals surface area (Å²) >= 11 is 0. The summed E-state index contributed by atoms with van der Waals surface area (Å²) in [4.78, 5) is 29.9. The van der Waals surface area contributed by atoms with Crippen molar-refractivity contribution < 1.29 is 18.7 Å². The molecule has 7 heteroatoms. The smallest absolute Gasteiger partial charge is 0.252 e. The van der Waals surface area contributed by atoms with Gasteiger partial charge in [-0.1, -0.05) is 18.2 Å². The number of amides is 2. The number of hydrogen-bond acceptors (Lipinski definition) is 4. The van der Waals surface area contributed by atoms with Gasteiger partial charge in [-0.25, -0.2) is 4.39 Å². The third-order valence-electron chi connectivity index (χ3n) is 6.31. The standard InChI is InChI=1S/C24H28FN3O3/c1-27(2)23(30)21-15-28(13-14-31-19-9-7-18(25)8-10-19)16-24(21)12-11-17-5-3-4-6-20(17)22(29)26-24/h3-10,21H,11-16H2,1-2H3,(H,26,29)/t21-,24+/m1/s1. The Hall–Kier alpha value is -2.93. The molecule has 2 aromatic rings. The Morgan fingerprint density at radius 1 is 1.23 bits per heavy atom. The first kappa shape index (κ1) is 21.3. The van der Waals surface area contributed by atoms with Gasteiger partial charge in [0.25, 0.3) is 5.91 Å². The van der Waals surface area contributed by atoms with Gasteiger partial charge in [0.2, 0.25) is 5.91 Å². The van der Waals surface area contributed by atoms with Crippen molar-refractivity contribution in [2.45, 2.75) is 18.4 Å². The Kier molecular flexibility index (Phi) is 5.96. The summed E-state index contributed by atoms with van der Waals surface area (Å²) in [5, 5.41) is 3.23. The Bertz CT molecular complexity index is 963. The summed E-state index contributed by atoms with van der Waals surface area (Å²) in [6.07, 6.45) is 1.45. The van der Waals surface area contributed by atoms with E-state index in [0.29, 0.717) is 44.0 Å². The summed E-state index contributed by atoms with van der Waals surface area (Å²) in [6, 6.07) is 13.6. The molecule has 2 aliphatic heterocycles. The zero-order valence-corrected chi connectivity index (χ0v) is 17.9. The monoisotopic (exact) mass is 425 g/mol. The lowest BCUT2D eigenvalue weighted by molar-refractivity contribution is -0.134. The van der Waals surface area contributed by atoms with E-state index in [-0.39, 0.29) is 23.5 Å². The first-order chi connectivity index (χ1) is 14.9. The van der Waals surface area contributed by atoms with Crippen molar-refractivity contribution >= 4 is 11.8 Å². The van der Waals surface area contributed by atoms with Crippen LogP contribution in [-0.2, 0) is 11.2 Å². The van der Waals surface area contributed by atoms with E-state index in [0.717, 1.165) is 12.0 Å². The number of nitrogens with zero attached hydrogens (tertiary/aromatic N) is 2. The molecule has 2 heterocycles. The highest BCUT2D eigenvalue weighted by atomic mass is 19.1. The summed E-state index contributed by atoms with van der Waals surface area (Å²) in [5.41, 5.74) is 1.09. The molecular weight excluding hydrogens is 397 g/mol. The number of nitrogens with one attached hydrogen (secondary N) is 1. The van der Waals surface area contributed by atoms with Gasteiger partial charge in [0.1, 0.15) is 18.2 Å². The molecule has 1 N–H and O–H groups in total. The minimum atomic E-state index is -0.618. The van der Waals surface area contributed by atoms with Crippen LogP contribution in [0.5, 0.6) is 5.75 Å². The lowest BCUT2D eigenvalue weighted by Crippen LogP contribution is -2.57. The molecular formula is C24H28FN3O3. The predicted octanol–water partition coefficient (Wildman–Crippen LogP) is 2.34. The largest absolute Gasteiger partial charge is 0.492 e. The average Bonchev–Trinajstić information content (AvgIpc) is 3.03. The molecule has 0 radical (unpaired) electrons. The van der Waals surface area contributed by atoms with Gasteiger partial charge in [-0.3, -0.25) is 14.5 Å². The van der Waals surface area contributed by atoms with Crippen molar-refractivity contribution in [2.75, 3.05) is 40.3 Å². The first-order valence-electron chi connectivity index (χ1n) is 10.6. The molecule has 0 aromatic heterocycles. The number of aryl methyl sites for hydroxylation is 1. The highest BCUT2D eigenvalue weighted by Crippen LogP contribution is 2.36. The minimum absolute atomic E-state index is 0.0215. The van der Waals surface area contributed by atoms with Crippen LogP contribution in [0, 0.1) is 11.7 Å². The molecule has 0 aliphatic carbocycles. The van der Waals surface area contributed by atoms with Gasteiger partial charge in [0, 0.05) is 39.3 Å². The average molecular weight is 426 g/mol. The van der Waals surface area contributed by atoms with E-state index in [2.05, 4.69) is 10.2 Å². The lowest BCUT2D eigenvalue weighted by atomic mass is 9.81. The number of likely N-dealkylation sites (tertiary alicyclic amines) is 1. The van der Waals surface area contributed by atoms with Crippen molar-refractivity contribution in [3.05, 3.63) is 65.5 Å². The number of carbonyl (C=O) groups is 2. The predicted molar refractivity (Wildman–Crippen MR) is 115 cm³/mol. The topological polar surface area (TPSA) is 61.9 Å². The van der Waals surface area contributed by atoms with Crippen molar-refractivity contribution in [3.63, 3.8) is 0 Å². The van der Waals surface area contributed by atoms with Crippen molar-refractivity contribution in [1.82, 2.24) is 15.1 Å². The van der Waals surface area contributed by atoms with Gasteiger partial charge in [-0.05, 0) is 48.7 Å². The quantitative estimate of drug-likeness (QED) is 0.799. The summed E-state index contributed by atoms with van der Waals surface area (Å²) < 4.78 is 18.8. The molecule has 164 valence electrons. The molecule has 1 saturated heterocycles. The molecule has 2 amide bonds. The van der Waals surface area contributed by atoms with Gasteiger partial charge in [-0.15, -0.1) is 0 Å². The van der Waals surface area contributed by atoms with E-state index in [1.165, 1.54) is 12.1 Å². The van der Waals surface area contributed by atoms with Crippen LogP contribution in [0.1, 0.15) is 22.3 Å². The normalized spacial score (nSPS) is 23.2. The summed E-state index contributed by atoms with van der Waals surface area (Å²) in [5.74, 6) is -0.118. The maximum atomic E-state index is 13.1. The van der Waals surface area contributed by atoms with Crippen molar-refractivity contribution in [1.29, 1.82) is 0 Å². The molecule has 31 heavy (non-hydrogen) atoms. The molecule has 0 saturated carbocycles. The number of carbonyl (C=O) groups excluding carboxylic acids is 2. The zero-order chi connectivity index (χ0) is 22.0. The minimum Gasteiger partial charge on any atom is -0.492 e. The SMILES string of the molecule is CN(C)C(=O)[C@H]1CN(CCOc2ccc(F)cc2)C[C@@]12CCc1ccccc1C(=O)N2. The number of ether oxygens (including phenoxy) is 1.